The van der Waals surface area contributed by atoms with E-state index in [0.717, 1.165) is 6.42 Å². The Kier molecular flexibility index (Phi) is 4.50. The fraction of sp³-hybridized carbons (Fsp3) is 0.500. The summed E-state index contributed by atoms with van der Waals surface area (Å²) in [4.78, 5) is 26.7. The standard InChI is InChI=1S/C10H16N4O2/c1-3-5-14-6-4-12-9(10(14)16)13-7-8(15)11-2/h4,6H,3,5,7H2,1-2H3,(H,11,15)(H,12,13). The Morgan fingerprint density at radius 2 is 2.31 bits per heavy atom. The number of hydrogen-bond acceptors (Lipinski definition) is 4. The van der Waals surface area contributed by atoms with Gasteiger partial charge in [0, 0.05) is 26.0 Å². The molecule has 1 heterocycles. The third kappa shape index (κ3) is 3.08. The highest BCUT2D eigenvalue weighted by Crippen LogP contribution is 1.93. The van der Waals surface area contributed by atoms with Gasteiger partial charge in [0.2, 0.25) is 5.91 Å². The minimum absolute atomic E-state index is 0.0505. The van der Waals surface area contributed by atoms with E-state index in [2.05, 4.69) is 15.6 Å². The average Bonchev–Trinajstić information content (AvgIpc) is 2.30. The molecule has 2 N–H and O–H groups in total. The van der Waals surface area contributed by atoms with Gasteiger partial charge in [-0.25, -0.2) is 4.98 Å². The van der Waals surface area contributed by atoms with Crippen LogP contribution in [0.25, 0.3) is 0 Å². The molecule has 0 saturated carbocycles. The Morgan fingerprint density at radius 1 is 1.56 bits per heavy atom. The van der Waals surface area contributed by atoms with Crippen LogP contribution >= 0.6 is 0 Å². The van der Waals surface area contributed by atoms with Gasteiger partial charge in [0.15, 0.2) is 5.82 Å². The molecule has 1 aromatic rings. The Hall–Kier alpha value is -1.85. The molecular weight excluding hydrogens is 208 g/mol. The van der Waals surface area contributed by atoms with Crippen molar-refractivity contribution in [3.05, 3.63) is 22.7 Å². The zero-order valence-corrected chi connectivity index (χ0v) is 9.49. The molecule has 0 atom stereocenters. The predicted molar refractivity (Wildman–Crippen MR) is 61.3 cm³/mol. The summed E-state index contributed by atoms with van der Waals surface area (Å²) < 4.78 is 1.57. The number of nitrogens with one attached hydrogen (secondary N) is 2. The molecular formula is C10H16N4O2. The first-order valence-electron chi connectivity index (χ1n) is 5.19. The molecule has 0 spiro atoms. The quantitative estimate of drug-likeness (QED) is 0.727. The average molecular weight is 224 g/mol. The second-order valence-electron chi connectivity index (χ2n) is 3.30. The van der Waals surface area contributed by atoms with E-state index in [1.54, 1.807) is 17.0 Å². The molecule has 0 aliphatic heterocycles. The van der Waals surface area contributed by atoms with Gasteiger partial charge in [0.05, 0.1) is 6.54 Å². The summed E-state index contributed by atoms with van der Waals surface area (Å²) >= 11 is 0. The van der Waals surface area contributed by atoms with Gasteiger partial charge in [-0.1, -0.05) is 6.92 Å². The van der Waals surface area contributed by atoms with Gasteiger partial charge in [0.1, 0.15) is 0 Å². The number of aromatic nitrogens is 2. The molecule has 6 nitrogen and oxygen atoms in total. The number of carbonyl (C=O) groups excluding carboxylic acids is 1. The van der Waals surface area contributed by atoms with E-state index in [-0.39, 0.29) is 23.8 Å². The molecule has 16 heavy (non-hydrogen) atoms. The van der Waals surface area contributed by atoms with E-state index in [4.69, 9.17) is 0 Å². The molecule has 0 radical (unpaired) electrons. The maximum Gasteiger partial charge on any atom is 0.293 e. The minimum atomic E-state index is -0.201. The third-order valence-electron chi connectivity index (χ3n) is 2.07. The lowest BCUT2D eigenvalue weighted by Gasteiger charge is -2.07. The predicted octanol–water partition coefficient (Wildman–Crippen LogP) is -0.189. The van der Waals surface area contributed by atoms with Gasteiger partial charge >= 0.3 is 0 Å². The smallest absolute Gasteiger partial charge is 0.293 e. The second kappa shape index (κ2) is 5.89. The highest BCUT2D eigenvalue weighted by molar-refractivity contribution is 5.79. The van der Waals surface area contributed by atoms with Crippen LogP contribution in [0.15, 0.2) is 17.2 Å². The molecule has 88 valence electrons. The molecule has 0 unspecified atom stereocenters. The maximum absolute atomic E-state index is 11.8. The van der Waals surface area contributed by atoms with Crippen molar-refractivity contribution in [1.29, 1.82) is 0 Å². The van der Waals surface area contributed by atoms with Gasteiger partial charge in [-0.15, -0.1) is 0 Å². The second-order valence-corrected chi connectivity index (χ2v) is 3.30. The molecule has 1 aromatic heterocycles. The topological polar surface area (TPSA) is 76.0 Å². The van der Waals surface area contributed by atoms with Gasteiger partial charge in [-0.2, -0.15) is 0 Å². The lowest BCUT2D eigenvalue weighted by atomic mass is 10.4. The van der Waals surface area contributed by atoms with Crippen LogP contribution in [0.4, 0.5) is 5.82 Å². The van der Waals surface area contributed by atoms with E-state index in [1.165, 1.54) is 7.05 Å². The summed E-state index contributed by atoms with van der Waals surface area (Å²) in [6.07, 6.45) is 4.05. The zero-order chi connectivity index (χ0) is 12.0. The van der Waals surface area contributed by atoms with Crippen molar-refractivity contribution in [3.63, 3.8) is 0 Å². The lowest BCUT2D eigenvalue weighted by Crippen LogP contribution is -2.30. The van der Waals surface area contributed by atoms with Crippen molar-refractivity contribution >= 4 is 11.7 Å². The largest absolute Gasteiger partial charge is 0.358 e. The summed E-state index contributed by atoms with van der Waals surface area (Å²) in [5.74, 6) is 0.0200. The highest BCUT2D eigenvalue weighted by atomic mass is 16.2. The first-order chi connectivity index (χ1) is 7.69. The molecule has 0 aliphatic carbocycles. The zero-order valence-electron chi connectivity index (χ0n) is 9.49. The first kappa shape index (κ1) is 12.2. The lowest BCUT2D eigenvalue weighted by molar-refractivity contribution is -0.118. The summed E-state index contributed by atoms with van der Waals surface area (Å²) in [5, 5.41) is 5.16. The van der Waals surface area contributed by atoms with E-state index in [1.807, 2.05) is 6.92 Å². The van der Waals surface area contributed by atoms with Crippen molar-refractivity contribution in [2.75, 3.05) is 18.9 Å². The number of nitrogens with zero attached hydrogens (tertiary/aromatic N) is 2. The maximum atomic E-state index is 11.8. The third-order valence-corrected chi connectivity index (χ3v) is 2.07. The number of rotatable bonds is 5. The molecule has 0 aliphatic rings. The monoisotopic (exact) mass is 224 g/mol. The van der Waals surface area contributed by atoms with E-state index < -0.39 is 0 Å². The van der Waals surface area contributed by atoms with Crippen molar-refractivity contribution in [2.24, 2.45) is 0 Å². The van der Waals surface area contributed by atoms with E-state index >= 15 is 0 Å². The molecule has 0 bridgehead atoms. The van der Waals surface area contributed by atoms with Crippen LogP contribution in [-0.2, 0) is 11.3 Å². The van der Waals surface area contributed by atoms with Gasteiger partial charge in [-0.05, 0) is 6.42 Å². The highest BCUT2D eigenvalue weighted by Gasteiger charge is 2.05. The number of likely N-dealkylation sites (N-methyl/N-ethyl adjacent to an activating group) is 1. The number of amides is 1. The molecule has 0 saturated heterocycles. The summed E-state index contributed by atoms with van der Waals surface area (Å²) in [6, 6.07) is 0. The Balaban J connectivity index is 2.77. The van der Waals surface area contributed by atoms with Crippen molar-refractivity contribution in [3.8, 4) is 0 Å². The van der Waals surface area contributed by atoms with Crippen LogP contribution in [0.5, 0.6) is 0 Å². The molecule has 6 heteroatoms. The van der Waals surface area contributed by atoms with E-state index in [0.29, 0.717) is 6.54 Å². The molecule has 1 amide bonds. The van der Waals surface area contributed by atoms with Gasteiger partial charge < -0.3 is 15.2 Å². The molecule has 1 rings (SSSR count). The SMILES string of the molecule is CCCn1ccnc(NCC(=O)NC)c1=O. The van der Waals surface area contributed by atoms with Crippen LogP contribution in [0.2, 0.25) is 0 Å². The summed E-state index contributed by atoms with van der Waals surface area (Å²) in [7, 11) is 1.54. The number of carbonyl (C=O) groups is 1. The number of hydrogen-bond donors (Lipinski definition) is 2. The van der Waals surface area contributed by atoms with Crippen LogP contribution in [0.3, 0.4) is 0 Å². The Bertz CT molecular complexity index is 414. The Morgan fingerprint density at radius 3 is 2.94 bits per heavy atom. The fourth-order valence-electron chi connectivity index (χ4n) is 1.24. The van der Waals surface area contributed by atoms with Crippen molar-refractivity contribution in [1.82, 2.24) is 14.9 Å². The van der Waals surface area contributed by atoms with E-state index in [9.17, 15) is 9.59 Å². The number of aryl methyl sites for hydroxylation is 1. The van der Waals surface area contributed by atoms with Gasteiger partial charge in [0.25, 0.3) is 5.56 Å². The summed E-state index contributed by atoms with van der Waals surface area (Å²) in [5.41, 5.74) is -0.201. The van der Waals surface area contributed by atoms with Crippen LogP contribution in [0, 0.1) is 0 Å². The van der Waals surface area contributed by atoms with Crippen LogP contribution in [0.1, 0.15) is 13.3 Å². The number of anilines is 1. The fourth-order valence-corrected chi connectivity index (χ4v) is 1.24. The first-order valence-corrected chi connectivity index (χ1v) is 5.19. The Labute approximate surface area is 93.7 Å². The van der Waals surface area contributed by atoms with Gasteiger partial charge in [-0.3, -0.25) is 9.59 Å². The van der Waals surface area contributed by atoms with Crippen molar-refractivity contribution in [2.45, 2.75) is 19.9 Å². The minimum Gasteiger partial charge on any atom is -0.358 e. The normalized spacial score (nSPS) is 9.88. The summed E-state index contributed by atoms with van der Waals surface area (Å²) in [6.45, 7) is 2.69. The van der Waals surface area contributed by atoms with Crippen LogP contribution in [-0.4, -0.2) is 29.1 Å². The molecule has 0 aromatic carbocycles. The van der Waals surface area contributed by atoms with Crippen LogP contribution < -0.4 is 16.2 Å². The molecule has 0 fully saturated rings. The van der Waals surface area contributed by atoms with Crippen molar-refractivity contribution < 1.29 is 4.79 Å².